The molecule has 0 aliphatic heterocycles. The smallest absolute Gasteiger partial charge is 0.335 e. The van der Waals surface area contributed by atoms with E-state index >= 15 is 0 Å². The molecule has 0 atom stereocenters. The molecule has 0 amide bonds. The van der Waals surface area contributed by atoms with Gasteiger partial charge in [-0.2, -0.15) is 0 Å². The van der Waals surface area contributed by atoms with E-state index in [0.717, 1.165) is 10.4 Å². The number of thiazole rings is 1. The van der Waals surface area contributed by atoms with Gasteiger partial charge in [0.1, 0.15) is 5.82 Å². The minimum atomic E-state index is -0.944. The first-order valence-electron chi connectivity index (χ1n) is 4.86. The first kappa shape index (κ1) is 9.98. The summed E-state index contributed by atoms with van der Waals surface area (Å²) in [6.45, 7) is 0. The predicted octanol–water partition coefficient (Wildman–Crippen LogP) is 2.38. The molecule has 0 saturated heterocycles. The first-order valence-corrected chi connectivity index (χ1v) is 5.74. The molecular weight excluding hydrogens is 238 g/mol. The summed E-state index contributed by atoms with van der Waals surface area (Å²) in [4.78, 5) is 23.2. The average molecular weight is 245 g/mol. The van der Waals surface area contributed by atoms with Crippen LogP contribution in [0.4, 0.5) is 0 Å². The number of carbonyl (C=O) groups is 1. The second-order valence-electron chi connectivity index (χ2n) is 3.49. The lowest BCUT2D eigenvalue weighted by Gasteiger charge is -1.92. The first-order chi connectivity index (χ1) is 8.24. The lowest BCUT2D eigenvalue weighted by atomic mass is 10.2. The molecule has 0 fully saturated rings. The Morgan fingerprint density at radius 1 is 1.41 bits per heavy atom. The van der Waals surface area contributed by atoms with Gasteiger partial charge in [0.15, 0.2) is 0 Å². The number of fused-ring (bicyclic) bond motifs is 1. The summed E-state index contributed by atoms with van der Waals surface area (Å²) in [5, 5.41) is 8.89. The maximum absolute atomic E-state index is 10.8. The molecule has 0 aliphatic carbocycles. The Kier molecular flexibility index (Phi) is 2.15. The summed E-state index contributed by atoms with van der Waals surface area (Å²) in [6, 6.07) is 4.82. The van der Waals surface area contributed by atoms with Gasteiger partial charge in [0, 0.05) is 6.20 Å². The molecule has 84 valence electrons. The van der Waals surface area contributed by atoms with Crippen molar-refractivity contribution >= 4 is 28.3 Å². The number of H-pyrrole nitrogens is 1. The molecule has 2 N–H and O–H groups in total. The second kappa shape index (κ2) is 3.67. The number of nitrogens with zero attached hydrogens (tertiary/aromatic N) is 2. The van der Waals surface area contributed by atoms with E-state index in [1.54, 1.807) is 29.9 Å². The van der Waals surface area contributed by atoms with Crippen LogP contribution in [-0.4, -0.2) is 26.0 Å². The molecule has 0 bridgehead atoms. The van der Waals surface area contributed by atoms with Crippen molar-refractivity contribution in [1.82, 2.24) is 15.0 Å². The summed E-state index contributed by atoms with van der Waals surface area (Å²) in [7, 11) is 0. The van der Waals surface area contributed by atoms with Crippen LogP contribution in [0, 0.1) is 0 Å². The van der Waals surface area contributed by atoms with E-state index in [1.165, 1.54) is 11.3 Å². The summed E-state index contributed by atoms with van der Waals surface area (Å²) >= 11 is 1.48. The van der Waals surface area contributed by atoms with Crippen molar-refractivity contribution in [2.24, 2.45) is 0 Å². The van der Waals surface area contributed by atoms with E-state index in [0.29, 0.717) is 11.3 Å². The molecule has 2 aromatic heterocycles. The molecule has 0 spiro atoms. The van der Waals surface area contributed by atoms with Crippen LogP contribution < -0.4 is 0 Å². The summed E-state index contributed by atoms with van der Waals surface area (Å²) in [5.74, 6) is -0.231. The maximum atomic E-state index is 10.8. The van der Waals surface area contributed by atoms with Crippen molar-refractivity contribution in [2.45, 2.75) is 0 Å². The quantitative estimate of drug-likeness (QED) is 0.726. The molecule has 3 aromatic rings. The second-order valence-corrected chi connectivity index (χ2v) is 4.37. The Balaban J connectivity index is 2.16. The van der Waals surface area contributed by atoms with E-state index < -0.39 is 5.97 Å². The minimum absolute atomic E-state index is 0.247. The molecule has 5 nitrogen and oxygen atoms in total. The van der Waals surface area contributed by atoms with Crippen LogP contribution in [-0.2, 0) is 0 Å². The Morgan fingerprint density at radius 2 is 2.29 bits per heavy atom. The van der Waals surface area contributed by atoms with Crippen molar-refractivity contribution < 1.29 is 9.90 Å². The molecular formula is C11H7N3O2S. The molecule has 0 unspecified atom stereocenters. The number of aromatic carboxylic acids is 1. The maximum Gasteiger partial charge on any atom is 0.335 e. The third-order valence-corrected chi connectivity index (χ3v) is 3.17. The largest absolute Gasteiger partial charge is 0.478 e. The standard InChI is InChI=1S/C11H7N3O2S/c15-11(16)6-1-2-7-8(3-6)14-10(13-7)9-4-12-5-17-9/h1-5H,(H,13,14)(H,15,16). The lowest BCUT2D eigenvalue weighted by Crippen LogP contribution is -1.94. The summed E-state index contributed by atoms with van der Waals surface area (Å²) < 4.78 is 0. The van der Waals surface area contributed by atoms with Crippen LogP contribution in [0.5, 0.6) is 0 Å². The van der Waals surface area contributed by atoms with Gasteiger partial charge in [-0.3, -0.25) is 4.98 Å². The number of carboxylic acid groups (broad SMARTS) is 1. The molecule has 3 rings (SSSR count). The number of imidazole rings is 1. The number of rotatable bonds is 2. The SMILES string of the molecule is O=C(O)c1ccc2nc(-c3cncs3)[nH]c2c1. The Labute approximate surface area is 99.8 Å². The predicted molar refractivity (Wildman–Crippen MR) is 64.2 cm³/mol. The third kappa shape index (κ3) is 1.68. The van der Waals surface area contributed by atoms with Gasteiger partial charge in [0.05, 0.1) is 27.0 Å². The number of nitrogens with one attached hydrogen (secondary N) is 1. The van der Waals surface area contributed by atoms with Gasteiger partial charge >= 0.3 is 5.97 Å². The summed E-state index contributed by atoms with van der Waals surface area (Å²) in [6.07, 6.45) is 1.72. The van der Waals surface area contributed by atoms with Crippen molar-refractivity contribution in [3.8, 4) is 10.7 Å². The van der Waals surface area contributed by atoms with E-state index in [9.17, 15) is 4.79 Å². The highest BCUT2D eigenvalue weighted by Crippen LogP contribution is 2.23. The van der Waals surface area contributed by atoms with E-state index in [1.807, 2.05) is 0 Å². The van der Waals surface area contributed by atoms with Gasteiger partial charge in [-0.15, -0.1) is 11.3 Å². The highest BCUT2D eigenvalue weighted by Gasteiger charge is 2.09. The zero-order valence-electron chi connectivity index (χ0n) is 8.54. The summed E-state index contributed by atoms with van der Waals surface area (Å²) in [5.41, 5.74) is 3.44. The van der Waals surface area contributed by atoms with Crippen molar-refractivity contribution in [3.63, 3.8) is 0 Å². The van der Waals surface area contributed by atoms with Gasteiger partial charge < -0.3 is 10.1 Å². The average Bonchev–Trinajstić information content (AvgIpc) is 2.96. The van der Waals surface area contributed by atoms with E-state index in [4.69, 9.17) is 5.11 Å². The fourth-order valence-electron chi connectivity index (χ4n) is 1.59. The van der Waals surface area contributed by atoms with Crippen molar-refractivity contribution in [2.75, 3.05) is 0 Å². The molecule has 0 aliphatic rings. The number of hydrogen-bond acceptors (Lipinski definition) is 4. The highest BCUT2D eigenvalue weighted by atomic mass is 32.1. The van der Waals surface area contributed by atoms with E-state index in [2.05, 4.69) is 15.0 Å². The Hall–Kier alpha value is -2.21. The highest BCUT2D eigenvalue weighted by molar-refractivity contribution is 7.13. The molecule has 1 aromatic carbocycles. The fourth-order valence-corrected chi connectivity index (χ4v) is 2.16. The molecule has 17 heavy (non-hydrogen) atoms. The molecule has 0 saturated carbocycles. The van der Waals surface area contributed by atoms with Crippen molar-refractivity contribution in [3.05, 3.63) is 35.5 Å². The van der Waals surface area contributed by atoms with Gasteiger partial charge in [-0.05, 0) is 18.2 Å². The Morgan fingerprint density at radius 3 is 3.00 bits per heavy atom. The Bertz CT molecular complexity index is 688. The van der Waals surface area contributed by atoms with Gasteiger partial charge in [-0.1, -0.05) is 0 Å². The van der Waals surface area contributed by atoms with Crippen LogP contribution >= 0.6 is 11.3 Å². The fraction of sp³-hybridized carbons (Fsp3) is 0. The zero-order valence-corrected chi connectivity index (χ0v) is 9.36. The number of aromatic amines is 1. The van der Waals surface area contributed by atoms with Crippen LogP contribution in [0.15, 0.2) is 29.9 Å². The third-order valence-electron chi connectivity index (χ3n) is 2.39. The topological polar surface area (TPSA) is 78.9 Å². The lowest BCUT2D eigenvalue weighted by molar-refractivity contribution is 0.0697. The molecule has 2 heterocycles. The van der Waals surface area contributed by atoms with Crippen LogP contribution in [0.3, 0.4) is 0 Å². The normalized spacial score (nSPS) is 10.8. The van der Waals surface area contributed by atoms with Gasteiger partial charge in [-0.25, -0.2) is 9.78 Å². The van der Waals surface area contributed by atoms with Crippen LogP contribution in [0.2, 0.25) is 0 Å². The monoisotopic (exact) mass is 245 g/mol. The minimum Gasteiger partial charge on any atom is -0.478 e. The van der Waals surface area contributed by atoms with Crippen LogP contribution in [0.25, 0.3) is 21.7 Å². The molecule has 6 heteroatoms. The van der Waals surface area contributed by atoms with Gasteiger partial charge in [0.25, 0.3) is 0 Å². The zero-order chi connectivity index (χ0) is 11.8. The van der Waals surface area contributed by atoms with E-state index in [-0.39, 0.29) is 5.56 Å². The number of carboxylic acids is 1. The van der Waals surface area contributed by atoms with Crippen molar-refractivity contribution in [1.29, 1.82) is 0 Å². The number of benzene rings is 1. The van der Waals surface area contributed by atoms with Gasteiger partial charge in [0.2, 0.25) is 0 Å². The number of aromatic nitrogens is 3. The number of hydrogen-bond donors (Lipinski definition) is 2. The van der Waals surface area contributed by atoms with Crippen LogP contribution in [0.1, 0.15) is 10.4 Å². The molecule has 0 radical (unpaired) electrons.